The Morgan fingerprint density at radius 3 is 0.520 bits per heavy atom. The van der Waals surface area contributed by atoms with Gasteiger partial charge in [0.2, 0.25) is 0 Å². The summed E-state index contributed by atoms with van der Waals surface area (Å²) in [5.41, 5.74) is 42.9. The van der Waals surface area contributed by atoms with Crippen molar-refractivity contribution < 1.29 is 0 Å². The molecule has 0 aromatic heterocycles. The summed E-state index contributed by atoms with van der Waals surface area (Å²) in [4.78, 5) is 0. The molecule has 12 aromatic carbocycles. The Morgan fingerprint density at radius 2 is 0.270 bits per heavy atom. The van der Waals surface area contributed by atoms with E-state index in [9.17, 15) is 0 Å². The van der Waals surface area contributed by atoms with Gasteiger partial charge < -0.3 is 0 Å². The zero-order chi connectivity index (χ0) is 75.7. The lowest BCUT2D eigenvalue weighted by atomic mass is 9.82. The van der Waals surface area contributed by atoms with Crippen molar-refractivity contribution >= 4 is 141 Å². The van der Waals surface area contributed by atoms with Gasteiger partial charge >= 0.3 is 0 Å². The van der Waals surface area contributed by atoms with Gasteiger partial charge in [0.1, 0.15) is 0 Å². The van der Waals surface area contributed by atoms with Crippen molar-refractivity contribution in [3.63, 3.8) is 0 Å². The third kappa shape index (κ3) is 11.7. The SMILES string of the molecule is C=c1c(C)c(C)c(=C)c(C)c1C.C=c1c(C)c(C)c(=C)c2c(C)c3c(C)c(C)c(C)c(C)c3c(C)c12.C=c1c(C)c(C)c(=C)c2c1c(C)c(C)c1c(C)c(C)c(C)c(C)c12.C=c1c(C)c(C)c(=C)c2cc(C)c(C)cc12.C=c1c2c(C)c(C)c(C)c(C)c2c(=C)c2c(C)c(C)c(C)c(C)c12. The third-order valence-corrected chi connectivity index (χ3v) is 26.3. The van der Waals surface area contributed by atoms with Crippen LogP contribution in [0, 0.1) is 222 Å². The Balaban J connectivity index is 0.000000162. The number of aryl methyl sites for hydroxylation is 14. The van der Waals surface area contributed by atoms with Crippen molar-refractivity contribution in [2.75, 3.05) is 0 Å². The molecule has 12 rings (SSSR count). The minimum atomic E-state index is 1.14. The van der Waals surface area contributed by atoms with Crippen LogP contribution in [0.3, 0.4) is 0 Å². The monoisotopic (exact) mass is 1320 g/mol. The van der Waals surface area contributed by atoms with Gasteiger partial charge in [0.05, 0.1) is 0 Å². The molecular weight excluding hydrogens is 1200 g/mol. The van der Waals surface area contributed by atoms with Gasteiger partial charge in [0.25, 0.3) is 0 Å². The van der Waals surface area contributed by atoms with Crippen LogP contribution in [0.4, 0.5) is 0 Å². The van der Waals surface area contributed by atoms with Crippen LogP contribution in [0.25, 0.3) is 141 Å². The van der Waals surface area contributed by atoms with Crippen LogP contribution in [0.5, 0.6) is 0 Å². The van der Waals surface area contributed by atoms with Gasteiger partial charge in [0, 0.05) is 0 Å². The second-order valence-electron chi connectivity index (χ2n) is 30.5. The summed E-state index contributed by atoms with van der Waals surface area (Å²) in [5.74, 6) is 0. The van der Waals surface area contributed by atoms with Gasteiger partial charge in [0.15, 0.2) is 0 Å². The molecule has 0 aliphatic carbocycles. The molecule has 100 heavy (non-hydrogen) atoms. The van der Waals surface area contributed by atoms with Crippen molar-refractivity contribution in [3.8, 4) is 0 Å². The van der Waals surface area contributed by atoms with E-state index in [0.717, 1.165) is 41.7 Å². The third-order valence-electron chi connectivity index (χ3n) is 26.3. The standard InChI is InChI=1S/3C24H28.C16H18.C12H16/c1-11-13(3)17(7)23-21(15(11)5)19(9)20(10)22-16(6)12(2)14(4)18(8)24(22)23;2*1-11-12(2)16(6)22-20(10)24-18(8)14(4)13(3)17(7)23(24)19(9)21(22)15(11)5;1-9-7-15-13(5)11(3)12(4)14(6)16(15)8-10(9)2;1-7-8(2)10(4)12(6)11(5)9(7)3/h5,7H2,1-4,6,8-10H3;9-10H2,1-8H3;5-6H2,1-4,7-10H3;7-8H,5-6H2,1-4H3;1,6H2,2-5H3. The lowest BCUT2D eigenvalue weighted by Gasteiger charge is -2.22. The molecule has 12 aromatic rings. The topological polar surface area (TPSA) is 0 Å². The molecule has 0 N–H and O–H groups in total. The van der Waals surface area contributed by atoms with Crippen molar-refractivity contribution in [2.24, 2.45) is 0 Å². The Kier molecular flexibility index (Phi) is 21.2. The Labute approximate surface area is 601 Å². The Morgan fingerprint density at radius 1 is 0.120 bits per heavy atom. The highest BCUT2D eigenvalue weighted by atomic mass is 14.3. The first-order valence-electron chi connectivity index (χ1n) is 35.9. The molecule has 518 valence electrons. The normalized spacial score (nSPS) is 11.4. The van der Waals surface area contributed by atoms with E-state index in [1.807, 2.05) is 0 Å². The molecule has 0 fully saturated rings. The van der Waals surface area contributed by atoms with Gasteiger partial charge in [-0.1, -0.05) is 77.9 Å². The molecule has 0 nitrogen and oxygen atoms in total. The van der Waals surface area contributed by atoms with E-state index in [-0.39, 0.29) is 0 Å². The highest BCUT2D eigenvalue weighted by molar-refractivity contribution is 6.15. The van der Waals surface area contributed by atoms with Crippen LogP contribution < -0.4 is 52.2 Å². The number of rotatable bonds is 0. The number of hydrogen-bond acceptors (Lipinski definition) is 0. The minimum Gasteiger partial charge on any atom is -0.0912 e. The molecule has 0 saturated heterocycles. The van der Waals surface area contributed by atoms with Crippen LogP contribution >= 0.6 is 0 Å². The highest BCUT2D eigenvalue weighted by Gasteiger charge is 2.23. The van der Waals surface area contributed by atoms with Gasteiger partial charge in [-0.3, -0.25) is 0 Å². The summed E-state index contributed by atoms with van der Waals surface area (Å²) < 4.78 is 0. The first-order valence-corrected chi connectivity index (χ1v) is 35.9. The van der Waals surface area contributed by atoms with Crippen LogP contribution in [0.2, 0.25) is 0 Å². The molecule has 0 bridgehead atoms. The van der Waals surface area contributed by atoms with Gasteiger partial charge in [-0.05, 0) is 527 Å². The van der Waals surface area contributed by atoms with Crippen LogP contribution in [0.15, 0.2) is 12.1 Å². The second-order valence-corrected chi connectivity index (χ2v) is 30.5. The first kappa shape index (κ1) is 76.9. The fourth-order valence-electron chi connectivity index (χ4n) is 16.8. The van der Waals surface area contributed by atoms with E-state index in [1.54, 1.807) is 0 Å². The van der Waals surface area contributed by atoms with Gasteiger partial charge in [-0.25, -0.2) is 0 Å². The van der Waals surface area contributed by atoms with Gasteiger partial charge in [-0.15, -0.1) is 0 Å². The van der Waals surface area contributed by atoms with Crippen LogP contribution in [-0.4, -0.2) is 0 Å². The van der Waals surface area contributed by atoms with Crippen molar-refractivity contribution in [1.82, 2.24) is 0 Å². The van der Waals surface area contributed by atoms with E-state index in [4.69, 9.17) is 0 Å². The predicted octanol–water partition coefficient (Wildman–Crippen LogP) is 20.5. The van der Waals surface area contributed by atoms with Gasteiger partial charge in [-0.2, -0.15) is 0 Å². The smallest absolute Gasteiger partial charge is 0.00244 e. The zero-order valence-corrected chi connectivity index (χ0v) is 68.2. The Bertz CT molecular complexity index is 5790. The molecule has 0 radical (unpaired) electrons. The molecule has 0 spiro atoms. The van der Waals surface area contributed by atoms with Crippen molar-refractivity contribution in [3.05, 3.63) is 242 Å². The predicted molar refractivity (Wildman–Crippen MR) is 458 cm³/mol. The molecule has 0 aliphatic rings. The summed E-state index contributed by atoms with van der Waals surface area (Å²) in [7, 11) is 0. The highest BCUT2D eigenvalue weighted by Crippen LogP contribution is 2.40. The summed E-state index contributed by atoms with van der Waals surface area (Å²) >= 11 is 0. The van der Waals surface area contributed by atoms with Crippen molar-refractivity contribution in [1.29, 1.82) is 0 Å². The molecule has 0 atom stereocenters. The lowest BCUT2D eigenvalue weighted by molar-refractivity contribution is 1.18. The molecule has 0 aliphatic heterocycles. The average Bonchev–Trinajstić information content (AvgIpc) is 0.726. The fourth-order valence-corrected chi connectivity index (χ4v) is 16.8. The zero-order valence-electron chi connectivity index (χ0n) is 68.2. The number of hydrogen-bond donors (Lipinski definition) is 0. The van der Waals surface area contributed by atoms with E-state index < -0.39 is 0 Å². The van der Waals surface area contributed by atoms with Crippen molar-refractivity contribution in [2.45, 2.75) is 222 Å². The first-order chi connectivity index (χ1) is 46.2. The maximum absolute atomic E-state index is 4.54. The largest absolute Gasteiger partial charge is 0.0912 e. The maximum atomic E-state index is 4.54. The van der Waals surface area contributed by atoms with E-state index in [0.29, 0.717) is 0 Å². The second kappa shape index (κ2) is 27.6. The molecule has 0 heterocycles. The number of fused-ring (bicyclic) bond motifs is 8. The van der Waals surface area contributed by atoms with E-state index in [2.05, 4.69) is 299 Å². The molecular formula is C100H118. The van der Waals surface area contributed by atoms with E-state index >= 15 is 0 Å². The molecule has 0 heteroatoms. The summed E-state index contributed by atoms with van der Waals surface area (Å²) in [6.45, 7) is 114. The Hall–Kier alpha value is -8.84. The summed E-state index contributed by atoms with van der Waals surface area (Å²) in [6, 6.07) is 4.46. The fraction of sp³-hybridized carbons (Fsp3) is 0.320. The summed E-state index contributed by atoms with van der Waals surface area (Å²) in [5, 5.41) is 30.1. The lowest BCUT2D eigenvalue weighted by Crippen LogP contribution is -2.22. The average molecular weight is 1320 g/mol. The number of benzene rings is 12. The molecule has 0 unspecified atom stereocenters. The summed E-state index contributed by atoms with van der Waals surface area (Å²) in [6.07, 6.45) is 0. The van der Waals surface area contributed by atoms with E-state index in [1.165, 1.54) is 264 Å². The molecule has 0 saturated carbocycles. The van der Waals surface area contributed by atoms with Crippen LogP contribution in [-0.2, 0) is 0 Å². The quantitative estimate of drug-likeness (QED) is 0.105. The maximum Gasteiger partial charge on any atom is -0.00244 e. The minimum absolute atomic E-state index is 1.14. The van der Waals surface area contributed by atoms with Crippen LogP contribution in [0.1, 0.15) is 178 Å². The molecule has 0 amide bonds.